The van der Waals surface area contributed by atoms with Crippen LogP contribution in [0.4, 0.5) is 11.5 Å². The van der Waals surface area contributed by atoms with Gasteiger partial charge < -0.3 is 15.4 Å². The quantitative estimate of drug-likeness (QED) is 0.704. The second kappa shape index (κ2) is 6.72. The van der Waals surface area contributed by atoms with Gasteiger partial charge in [0.15, 0.2) is 5.50 Å². The van der Waals surface area contributed by atoms with E-state index in [0.717, 1.165) is 28.5 Å². The molecule has 0 bridgehead atoms. The summed E-state index contributed by atoms with van der Waals surface area (Å²) >= 11 is 1.63. The number of aryl methyl sites for hydroxylation is 1. The number of nitrogens with zero attached hydrogens (tertiary/aromatic N) is 2. The Hall–Kier alpha value is -2.60. The molecule has 0 spiro atoms. The average molecular weight is 352 g/mol. The summed E-state index contributed by atoms with van der Waals surface area (Å²) in [5.41, 5.74) is 4.45. The van der Waals surface area contributed by atoms with Crippen LogP contribution in [0.2, 0.25) is 0 Å². The van der Waals surface area contributed by atoms with Crippen LogP contribution in [0.3, 0.4) is 0 Å². The third-order valence-corrected chi connectivity index (χ3v) is 4.98. The van der Waals surface area contributed by atoms with E-state index in [4.69, 9.17) is 4.74 Å². The van der Waals surface area contributed by atoms with Crippen molar-refractivity contribution < 1.29 is 4.74 Å². The molecule has 0 unspecified atom stereocenters. The third kappa shape index (κ3) is 3.30. The number of fused-ring (bicyclic) bond motifs is 1. The van der Waals surface area contributed by atoms with Crippen molar-refractivity contribution in [2.75, 3.05) is 17.2 Å². The minimum Gasteiger partial charge on any atom is -0.494 e. The first kappa shape index (κ1) is 15.9. The molecular weight excluding hydrogens is 332 g/mol. The van der Waals surface area contributed by atoms with Crippen LogP contribution in [0.15, 0.2) is 54.6 Å². The molecule has 25 heavy (non-hydrogen) atoms. The summed E-state index contributed by atoms with van der Waals surface area (Å²) < 4.78 is 7.42. The van der Waals surface area contributed by atoms with Crippen LogP contribution in [0.1, 0.15) is 12.5 Å². The predicted molar refractivity (Wildman–Crippen MR) is 104 cm³/mol. The van der Waals surface area contributed by atoms with Gasteiger partial charge in [-0.2, -0.15) is 9.19 Å². The van der Waals surface area contributed by atoms with E-state index in [2.05, 4.69) is 40.9 Å². The zero-order valence-corrected chi connectivity index (χ0v) is 15.0. The summed E-state index contributed by atoms with van der Waals surface area (Å²) in [4.78, 5) is 0. The van der Waals surface area contributed by atoms with Crippen molar-refractivity contribution in [3.63, 3.8) is 0 Å². The minimum absolute atomic E-state index is 0.0676. The molecular formula is C19H20N4OS. The molecule has 6 heteroatoms. The number of benzene rings is 2. The van der Waals surface area contributed by atoms with Crippen molar-refractivity contribution in [3.8, 4) is 17.0 Å². The SMILES string of the molecule is CCOc1ccc(-c2cc3n(n2)S[C@@H](Nc2ccccc2C)N3)cc1. The summed E-state index contributed by atoms with van der Waals surface area (Å²) in [6, 6.07) is 18.4. The molecule has 1 aliphatic heterocycles. The first-order chi connectivity index (χ1) is 12.2. The van der Waals surface area contributed by atoms with Gasteiger partial charge in [0.1, 0.15) is 11.6 Å². The van der Waals surface area contributed by atoms with E-state index < -0.39 is 0 Å². The average Bonchev–Trinajstić information content (AvgIpc) is 3.16. The van der Waals surface area contributed by atoms with E-state index in [1.165, 1.54) is 5.56 Å². The van der Waals surface area contributed by atoms with Gasteiger partial charge in [-0.05, 0) is 49.7 Å². The van der Waals surface area contributed by atoms with Crippen molar-refractivity contribution in [2.45, 2.75) is 19.3 Å². The molecule has 2 aromatic carbocycles. The lowest BCUT2D eigenvalue weighted by molar-refractivity contribution is 0.340. The molecule has 4 rings (SSSR count). The summed E-state index contributed by atoms with van der Waals surface area (Å²) in [5, 5.41) is 11.6. The smallest absolute Gasteiger partial charge is 0.168 e. The Morgan fingerprint density at radius 2 is 2.00 bits per heavy atom. The highest BCUT2D eigenvalue weighted by Gasteiger charge is 2.24. The first-order valence-corrected chi connectivity index (χ1v) is 9.16. The van der Waals surface area contributed by atoms with Crippen molar-refractivity contribution in [3.05, 3.63) is 60.2 Å². The highest BCUT2D eigenvalue weighted by atomic mass is 32.2. The molecule has 128 valence electrons. The topological polar surface area (TPSA) is 51.1 Å². The largest absolute Gasteiger partial charge is 0.494 e. The lowest BCUT2D eigenvalue weighted by Crippen LogP contribution is -2.21. The number of hydrogen-bond donors (Lipinski definition) is 2. The number of hydrogen-bond acceptors (Lipinski definition) is 5. The first-order valence-electron chi connectivity index (χ1n) is 8.32. The Morgan fingerprint density at radius 1 is 1.20 bits per heavy atom. The van der Waals surface area contributed by atoms with E-state index >= 15 is 0 Å². The van der Waals surface area contributed by atoms with Crippen LogP contribution < -0.4 is 15.4 Å². The van der Waals surface area contributed by atoms with Crippen molar-refractivity contribution >= 4 is 23.5 Å². The predicted octanol–water partition coefficient (Wildman–Crippen LogP) is 4.57. The lowest BCUT2D eigenvalue weighted by atomic mass is 10.1. The van der Waals surface area contributed by atoms with Crippen LogP contribution in [0.5, 0.6) is 5.75 Å². The molecule has 3 aromatic rings. The van der Waals surface area contributed by atoms with Crippen molar-refractivity contribution in [1.82, 2.24) is 9.19 Å². The van der Waals surface area contributed by atoms with Crippen LogP contribution in [0, 0.1) is 6.92 Å². The van der Waals surface area contributed by atoms with Gasteiger partial charge >= 0.3 is 0 Å². The zero-order valence-electron chi connectivity index (χ0n) is 14.2. The van der Waals surface area contributed by atoms with E-state index in [0.29, 0.717) is 6.61 Å². The maximum Gasteiger partial charge on any atom is 0.168 e. The summed E-state index contributed by atoms with van der Waals surface area (Å²) in [7, 11) is 0. The minimum atomic E-state index is 0.0676. The number of rotatable bonds is 5. The zero-order chi connectivity index (χ0) is 17.2. The maximum absolute atomic E-state index is 5.49. The second-order valence-corrected chi connectivity index (χ2v) is 6.86. The third-order valence-electron chi connectivity index (χ3n) is 4.06. The van der Waals surface area contributed by atoms with E-state index in [1.807, 2.05) is 47.4 Å². The molecule has 0 fully saturated rings. The van der Waals surface area contributed by atoms with Gasteiger partial charge in [0.25, 0.3) is 0 Å². The summed E-state index contributed by atoms with van der Waals surface area (Å²) in [6.07, 6.45) is 0. The van der Waals surface area contributed by atoms with Crippen molar-refractivity contribution in [2.24, 2.45) is 0 Å². The van der Waals surface area contributed by atoms with Crippen LogP contribution in [-0.2, 0) is 0 Å². The molecule has 0 amide bonds. The van der Waals surface area contributed by atoms with Crippen molar-refractivity contribution in [1.29, 1.82) is 0 Å². The normalized spacial score (nSPS) is 15.5. The van der Waals surface area contributed by atoms with Gasteiger partial charge in [0, 0.05) is 29.3 Å². The van der Waals surface area contributed by atoms with E-state index in [9.17, 15) is 0 Å². The number of para-hydroxylation sites is 1. The molecule has 0 aliphatic carbocycles. The van der Waals surface area contributed by atoms with Gasteiger partial charge in [-0.1, -0.05) is 18.2 Å². The molecule has 1 atom stereocenters. The maximum atomic E-state index is 5.49. The fourth-order valence-electron chi connectivity index (χ4n) is 2.77. The van der Waals surface area contributed by atoms with E-state index in [-0.39, 0.29) is 5.50 Å². The Bertz CT molecular complexity index is 852. The molecule has 1 aliphatic rings. The van der Waals surface area contributed by atoms with Crippen LogP contribution in [0.25, 0.3) is 11.3 Å². The number of aromatic nitrogens is 2. The molecule has 5 nitrogen and oxygen atoms in total. The Morgan fingerprint density at radius 3 is 2.72 bits per heavy atom. The van der Waals surface area contributed by atoms with Gasteiger partial charge in [0.2, 0.25) is 0 Å². The standard InChI is InChI=1S/C19H20N4OS/c1-3-24-15-10-8-14(9-11-15)17-12-18-21-19(25-23(18)22-17)20-16-7-5-4-6-13(16)2/h4-12,19-21H,3H2,1-2H3/t19-/m0/s1. The molecule has 0 saturated heterocycles. The highest BCUT2D eigenvalue weighted by molar-refractivity contribution is 7.98. The van der Waals surface area contributed by atoms with Gasteiger partial charge in [-0.25, -0.2) is 0 Å². The molecule has 2 heterocycles. The highest BCUT2D eigenvalue weighted by Crippen LogP contribution is 2.34. The van der Waals surface area contributed by atoms with Gasteiger partial charge in [-0.3, -0.25) is 0 Å². The number of nitrogens with one attached hydrogen (secondary N) is 2. The second-order valence-electron chi connectivity index (χ2n) is 5.83. The fourth-order valence-corrected chi connectivity index (χ4v) is 3.68. The van der Waals surface area contributed by atoms with Gasteiger partial charge in [0.05, 0.1) is 12.3 Å². The molecule has 0 radical (unpaired) electrons. The monoisotopic (exact) mass is 352 g/mol. The Balaban J connectivity index is 1.46. The Kier molecular flexibility index (Phi) is 4.28. The molecule has 1 aromatic heterocycles. The fraction of sp³-hybridized carbons (Fsp3) is 0.211. The summed E-state index contributed by atoms with van der Waals surface area (Å²) in [6.45, 7) is 4.76. The van der Waals surface area contributed by atoms with Crippen LogP contribution in [-0.4, -0.2) is 21.3 Å². The Labute approximate surface area is 151 Å². The number of ether oxygens (including phenoxy) is 1. The van der Waals surface area contributed by atoms with Gasteiger partial charge in [-0.15, -0.1) is 0 Å². The molecule has 0 saturated carbocycles. The lowest BCUT2D eigenvalue weighted by Gasteiger charge is -2.15. The summed E-state index contributed by atoms with van der Waals surface area (Å²) in [5.74, 6) is 1.88. The number of anilines is 2. The van der Waals surface area contributed by atoms with E-state index in [1.54, 1.807) is 11.9 Å². The van der Waals surface area contributed by atoms with Crippen LogP contribution >= 0.6 is 11.9 Å². The molecule has 2 N–H and O–H groups in total.